The van der Waals surface area contributed by atoms with Crippen LogP contribution in [-0.4, -0.2) is 67.6 Å². The Bertz CT molecular complexity index is 1130. The molecule has 0 aromatic carbocycles. The minimum Gasteiger partial charge on any atom is -0.361 e. The molecule has 30 heavy (non-hydrogen) atoms. The average molecular weight is 410 g/mol. The molecule has 0 aliphatic carbocycles. The zero-order valence-corrected chi connectivity index (χ0v) is 17.7. The third-order valence-corrected chi connectivity index (χ3v) is 5.41. The highest BCUT2D eigenvalue weighted by Crippen LogP contribution is 2.27. The predicted octanol–water partition coefficient (Wildman–Crippen LogP) is 1.35. The Morgan fingerprint density at radius 1 is 1.07 bits per heavy atom. The van der Waals surface area contributed by atoms with Crippen LogP contribution in [0.1, 0.15) is 55.0 Å². The van der Waals surface area contributed by atoms with Gasteiger partial charge in [0.15, 0.2) is 11.5 Å². The van der Waals surface area contributed by atoms with Gasteiger partial charge < -0.3 is 9.80 Å². The van der Waals surface area contributed by atoms with E-state index in [0.29, 0.717) is 24.4 Å². The van der Waals surface area contributed by atoms with Crippen LogP contribution in [0.2, 0.25) is 0 Å². The maximum absolute atomic E-state index is 12.9. The molecule has 0 bridgehead atoms. The molecule has 0 N–H and O–H groups in total. The van der Waals surface area contributed by atoms with Crippen LogP contribution in [0, 0.1) is 0 Å². The Morgan fingerprint density at radius 2 is 1.80 bits per heavy atom. The van der Waals surface area contributed by atoms with Crippen molar-refractivity contribution in [3.8, 4) is 0 Å². The third kappa shape index (κ3) is 3.64. The number of hydrogen-bond donors (Lipinski definition) is 0. The number of hydrogen-bond acceptors (Lipinski definition) is 7. The molecule has 1 amide bonds. The first-order chi connectivity index (χ1) is 14.3. The summed E-state index contributed by atoms with van der Waals surface area (Å²) in [7, 11) is 3.89. The van der Waals surface area contributed by atoms with Gasteiger partial charge in [0, 0.05) is 39.2 Å². The van der Waals surface area contributed by atoms with E-state index >= 15 is 0 Å². The summed E-state index contributed by atoms with van der Waals surface area (Å²) in [6, 6.07) is 6.64. The molecule has 10 nitrogen and oxygen atoms in total. The maximum Gasteiger partial charge on any atom is 0.274 e. The summed E-state index contributed by atoms with van der Waals surface area (Å²) in [5, 5.41) is 17.5. The lowest BCUT2D eigenvalue weighted by Crippen LogP contribution is -2.39. The number of rotatable bonds is 4. The Morgan fingerprint density at radius 3 is 2.47 bits per heavy atom. The Balaban J connectivity index is 1.50. The van der Waals surface area contributed by atoms with E-state index < -0.39 is 0 Å². The summed E-state index contributed by atoms with van der Waals surface area (Å²) in [5.74, 6) is 1.68. The zero-order chi connectivity index (χ0) is 21.4. The summed E-state index contributed by atoms with van der Waals surface area (Å²) < 4.78 is 3.15. The van der Waals surface area contributed by atoms with Crippen molar-refractivity contribution in [2.45, 2.75) is 38.6 Å². The number of aromatic nitrogens is 6. The van der Waals surface area contributed by atoms with Crippen LogP contribution in [0.3, 0.4) is 0 Å². The highest BCUT2D eigenvalue weighted by molar-refractivity contribution is 5.92. The molecule has 1 saturated heterocycles. The van der Waals surface area contributed by atoms with Gasteiger partial charge in [-0.2, -0.15) is 9.61 Å². The normalized spacial score (nSPS) is 15.2. The standard InChI is InChI=1S/C20H26N8O2/c1-13(2)27-18(29)8-5-15(23-27)20(30)26-11-9-14(10-12-26)19-22-21-16-6-7-17(25(3)4)24-28(16)19/h5-8,13-14H,9-12H2,1-4H3. The summed E-state index contributed by atoms with van der Waals surface area (Å²) in [5.41, 5.74) is 0.810. The minimum atomic E-state index is -0.205. The molecule has 1 aliphatic heterocycles. The second-order valence-electron chi connectivity index (χ2n) is 8.08. The lowest BCUT2D eigenvalue weighted by molar-refractivity contribution is 0.0701. The molecule has 3 aromatic heterocycles. The molecule has 0 unspecified atom stereocenters. The van der Waals surface area contributed by atoms with Gasteiger partial charge in [0.25, 0.3) is 11.5 Å². The number of piperidine rings is 1. The van der Waals surface area contributed by atoms with Crippen LogP contribution in [0.15, 0.2) is 29.1 Å². The number of amides is 1. The first kappa shape index (κ1) is 20.0. The van der Waals surface area contributed by atoms with Crippen molar-refractivity contribution in [3.05, 3.63) is 46.1 Å². The number of nitrogens with zero attached hydrogens (tertiary/aromatic N) is 8. The molecular weight excluding hydrogens is 384 g/mol. The maximum atomic E-state index is 12.9. The highest BCUT2D eigenvalue weighted by Gasteiger charge is 2.28. The molecule has 0 saturated carbocycles. The fraction of sp³-hybridized carbons (Fsp3) is 0.500. The number of carbonyl (C=O) groups excluding carboxylic acids is 1. The van der Waals surface area contributed by atoms with Gasteiger partial charge in [-0.3, -0.25) is 9.59 Å². The number of anilines is 1. The smallest absolute Gasteiger partial charge is 0.274 e. The van der Waals surface area contributed by atoms with Crippen LogP contribution in [0.25, 0.3) is 5.65 Å². The van der Waals surface area contributed by atoms with E-state index in [0.717, 1.165) is 24.5 Å². The molecule has 0 spiro atoms. The molecule has 10 heteroatoms. The van der Waals surface area contributed by atoms with Crippen LogP contribution in [0.4, 0.5) is 5.82 Å². The molecule has 4 rings (SSSR count). The highest BCUT2D eigenvalue weighted by atomic mass is 16.2. The van der Waals surface area contributed by atoms with E-state index in [4.69, 9.17) is 0 Å². The van der Waals surface area contributed by atoms with Crippen molar-refractivity contribution in [1.82, 2.24) is 34.5 Å². The fourth-order valence-electron chi connectivity index (χ4n) is 3.70. The van der Waals surface area contributed by atoms with Crippen molar-refractivity contribution < 1.29 is 4.79 Å². The van der Waals surface area contributed by atoms with Gasteiger partial charge in [-0.1, -0.05) is 0 Å². The van der Waals surface area contributed by atoms with Gasteiger partial charge in [-0.25, -0.2) is 4.68 Å². The van der Waals surface area contributed by atoms with Crippen molar-refractivity contribution in [2.24, 2.45) is 0 Å². The minimum absolute atomic E-state index is 0.100. The lowest BCUT2D eigenvalue weighted by atomic mass is 9.96. The Hall–Kier alpha value is -3.30. The SMILES string of the molecule is CC(C)n1nc(C(=O)N2CCC(c3nnc4ccc(N(C)C)nn34)CC2)ccc1=O. The van der Waals surface area contributed by atoms with Crippen molar-refractivity contribution in [2.75, 3.05) is 32.1 Å². The first-order valence-electron chi connectivity index (χ1n) is 10.1. The van der Waals surface area contributed by atoms with E-state index in [9.17, 15) is 9.59 Å². The van der Waals surface area contributed by atoms with E-state index in [1.807, 2.05) is 45.0 Å². The summed E-state index contributed by atoms with van der Waals surface area (Å²) in [4.78, 5) is 28.5. The molecule has 3 aromatic rings. The van der Waals surface area contributed by atoms with E-state index in [2.05, 4.69) is 20.4 Å². The topological polar surface area (TPSA) is 102 Å². The average Bonchev–Trinajstić information content (AvgIpc) is 3.16. The number of fused-ring (bicyclic) bond motifs is 1. The van der Waals surface area contributed by atoms with Gasteiger partial charge in [-0.05, 0) is 44.9 Å². The molecule has 1 fully saturated rings. The molecule has 4 heterocycles. The van der Waals surface area contributed by atoms with E-state index in [1.54, 1.807) is 9.42 Å². The molecule has 158 valence electrons. The second-order valence-corrected chi connectivity index (χ2v) is 8.08. The van der Waals surface area contributed by atoms with Gasteiger partial charge in [0.05, 0.1) is 6.04 Å². The number of likely N-dealkylation sites (tertiary alicyclic amines) is 1. The molecule has 0 radical (unpaired) electrons. The predicted molar refractivity (Wildman–Crippen MR) is 112 cm³/mol. The fourth-order valence-corrected chi connectivity index (χ4v) is 3.70. The molecular formula is C20H26N8O2. The van der Waals surface area contributed by atoms with Gasteiger partial charge in [0.2, 0.25) is 0 Å². The third-order valence-electron chi connectivity index (χ3n) is 5.41. The Kier molecular flexibility index (Phi) is 5.23. The Labute approximate surface area is 174 Å². The van der Waals surface area contributed by atoms with Crippen LogP contribution in [-0.2, 0) is 0 Å². The zero-order valence-electron chi connectivity index (χ0n) is 17.7. The summed E-state index contributed by atoms with van der Waals surface area (Å²) in [6.45, 7) is 4.92. The van der Waals surface area contributed by atoms with Gasteiger partial charge >= 0.3 is 0 Å². The quantitative estimate of drug-likeness (QED) is 0.640. The van der Waals surface area contributed by atoms with Crippen LogP contribution in [0.5, 0.6) is 0 Å². The van der Waals surface area contributed by atoms with Crippen molar-refractivity contribution >= 4 is 17.4 Å². The van der Waals surface area contributed by atoms with E-state index in [-0.39, 0.29) is 23.4 Å². The van der Waals surface area contributed by atoms with Crippen molar-refractivity contribution in [1.29, 1.82) is 0 Å². The molecule has 0 atom stereocenters. The number of carbonyl (C=O) groups is 1. The summed E-state index contributed by atoms with van der Waals surface area (Å²) >= 11 is 0. The van der Waals surface area contributed by atoms with Crippen molar-refractivity contribution in [3.63, 3.8) is 0 Å². The van der Waals surface area contributed by atoms with Gasteiger partial charge in [-0.15, -0.1) is 15.3 Å². The van der Waals surface area contributed by atoms with Crippen LogP contribution >= 0.6 is 0 Å². The molecule has 1 aliphatic rings. The largest absolute Gasteiger partial charge is 0.361 e. The summed E-state index contributed by atoms with van der Waals surface area (Å²) in [6.07, 6.45) is 1.54. The monoisotopic (exact) mass is 410 g/mol. The van der Waals surface area contributed by atoms with Crippen LogP contribution < -0.4 is 10.5 Å². The van der Waals surface area contributed by atoms with Gasteiger partial charge in [0.1, 0.15) is 11.5 Å². The van der Waals surface area contributed by atoms with E-state index in [1.165, 1.54) is 16.8 Å². The second kappa shape index (κ2) is 7.85. The lowest BCUT2D eigenvalue weighted by Gasteiger charge is -2.31. The first-order valence-corrected chi connectivity index (χ1v) is 10.1.